The minimum atomic E-state index is -0.448. The van der Waals surface area contributed by atoms with Crippen molar-refractivity contribution in [1.82, 2.24) is 10.2 Å². The zero-order valence-corrected chi connectivity index (χ0v) is 11.1. The molecule has 0 radical (unpaired) electrons. The maximum absolute atomic E-state index is 12.1. The number of likely N-dealkylation sites (N-methyl/N-ethyl adjacent to an activating group) is 1. The molecule has 0 aliphatic rings. The molecular weight excluding hydrogens is 246 g/mol. The molecular formula is C13H19N3O3. The number of nitrogens with zero attached hydrogens (tertiary/aromatic N) is 1. The van der Waals surface area contributed by atoms with Crippen LogP contribution in [0.4, 0.5) is 5.69 Å². The molecule has 1 aromatic carbocycles. The number of carbonyl (C=O) groups excluding carboxylic acids is 2. The molecule has 0 unspecified atom stereocenters. The van der Waals surface area contributed by atoms with Crippen molar-refractivity contribution < 1.29 is 14.7 Å². The van der Waals surface area contributed by atoms with Gasteiger partial charge in [-0.3, -0.25) is 9.59 Å². The van der Waals surface area contributed by atoms with E-state index in [9.17, 15) is 14.7 Å². The molecule has 2 amide bonds. The Morgan fingerprint density at radius 3 is 2.74 bits per heavy atom. The van der Waals surface area contributed by atoms with Crippen LogP contribution in [-0.4, -0.2) is 42.0 Å². The standard InChI is InChI=1S/C13H19N3O3/c1-3-7-15-11(17)8-16(2)13(19)9-5-4-6-10(14)12(9)18/h4-6,18H,3,7-8,14H2,1-2H3,(H,15,17). The van der Waals surface area contributed by atoms with E-state index in [0.717, 1.165) is 6.42 Å². The van der Waals surface area contributed by atoms with Crippen LogP contribution >= 0.6 is 0 Å². The molecule has 6 heteroatoms. The normalized spacial score (nSPS) is 10.0. The Bertz CT molecular complexity index is 474. The van der Waals surface area contributed by atoms with Crippen molar-refractivity contribution in [2.24, 2.45) is 0 Å². The number of nitrogens with one attached hydrogen (secondary N) is 1. The van der Waals surface area contributed by atoms with Gasteiger partial charge in [0.2, 0.25) is 5.91 Å². The summed E-state index contributed by atoms with van der Waals surface area (Å²) in [6.07, 6.45) is 0.833. The van der Waals surface area contributed by atoms with Gasteiger partial charge >= 0.3 is 0 Å². The van der Waals surface area contributed by atoms with Crippen LogP contribution in [0.3, 0.4) is 0 Å². The average Bonchev–Trinajstić information content (AvgIpc) is 2.38. The van der Waals surface area contributed by atoms with Gasteiger partial charge in [-0.2, -0.15) is 0 Å². The highest BCUT2D eigenvalue weighted by molar-refractivity contribution is 5.99. The van der Waals surface area contributed by atoms with Gasteiger partial charge in [0.05, 0.1) is 17.8 Å². The number of amides is 2. The third-order valence-corrected chi connectivity index (χ3v) is 2.60. The Morgan fingerprint density at radius 2 is 2.11 bits per heavy atom. The van der Waals surface area contributed by atoms with Gasteiger partial charge in [-0.15, -0.1) is 0 Å². The van der Waals surface area contributed by atoms with Gasteiger partial charge in [0.25, 0.3) is 5.91 Å². The highest BCUT2D eigenvalue weighted by Crippen LogP contribution is 2.25. The fourth-order valence-corrected chi connectivity index (χ4v) is 1.55. The molecule has 0 aromatic heterocycles. The quantitative estimate of drug-likeness (QED) is 0.536. The predicted molar refractivity (Wildman–Crippen MR) is 72.8 cm³/mol. The zero-order chi connectivity index (χ0) is 14.4. The van der Waals surface area contributed by atoms with E-state index < -0.39 is 5.91 Å². The van der Waals surface area contributed by atoms with E-state index in [-0.39, 0.29) is 29.5 Å². The molecule has 19 heavy (non-hydrogen) atoms. The third-order valence-electron chi connectivity index (χ3n) is 2.60. The van der Waals surface area contributed by atoms with Crippen molar-refractivity contribution >= 4 is 17.5 Å². The molecule has 0 spiro atoms. The number of anilines is 1. The Hall–Kier alpha value is -2.24. The monoisotopic (exact) mass is 265 g/mol. The second kappa shape index (κ2) is 6.63. The van der Waals surface area contributed by atoms with Crippen molar-refractivity contribution in [2.75, 3.05) is 25.9 Å². The Morgan fingerprint density at radius 1 is 1.42 bits per heavy atom. The summed E-state index contributed by atoms with van der Waals surface area (Å²) in [6, 6.07) is 4.54. The lowest BCUT2D eigenvalue weighted by molar-refractivity contribution is -0.121. The van der Waals surface area contributed by atoms with Crippen LogP contribution in [0.15, 0.2) is 18.2 Å². The predicted octanol–water partition coefficient (Wildman–Crippen LogP) is 0.573. The Labute approximate surface area is 112 Å². The van der Waals surface area contributed by atoms with E-state index in [1.54, 1.807) is 6.07 Å². The van der Waals surface area contributed by atoms with E-state index in [0.29, 0.717) is 6.54 Å². The molecule has 0 saturated heterocycles. The molecule has 0 bridgehead atoms. The van der Waals surface area contributed by atoms with Crippen LogP contribution in [0.1, 0.15) is 23.7 Å². The van der Waals surface area contributed by atoms with Gasteiger partial charge in [-0.25, -0.2) is 0 Å². The molecule has 4 N–H and O–H groups in total. The summed E-state index contributed by atoms with van der Waals surface area (Å²) in [7, 11) is 1.50. The molecule has 0 heterocycles. The second-order valence-corrected chi connectivity index (χ2v) is 4.25. The summed E-state index contributed by atoms with van der Waals surface area (Å²) < 4.78 is 0. The molecule has 1 aromatic rings. The number of benzene rings is 1. The number of phenolic OH excluding ortho intramolecular Hbond substituents is 1. The smallest absolute Gasteiger partial charge is 0.257 e. The summed E-state index contributed by atoms with van der Waals surface area (Å²) in [4.78, 5) is 24.8. The van der Waals surface area contributed by atoms with Crippen LogP contribution in [0.2, 0.25) is 0 Å². The van der Waals surface area contributed by atoms with Crippen LogP contribution in [-0.2, 0) is 4.79 Å². The van der Waals surface area contributed by atoms with Crippen molar-refractivity contribution in [3.05, 3.63) is 23.8 Å². The Balaban J connectivity index is 2.72. The number of nitrogens with two attached hydrogens (primary N) is 1. The van der Waals surface area contributed by atoms with Crippen LogP contribution in [0.5, 0.6) is 5.75 Å². The summed E-state index contributed by atoms with van der Waals surface area (Å²) in [6.45, 7) is 2.46. The lowest BCUT2D eigenvalue weighted by Crippen LogP contribution is -2.38. The summed E-state index contributed by atoms with van der Waals surface area (Å²) in [5.74, 6) is -0.939. The van der Waals surface area contributed by atoms with Crippen molar-refractivity contribution in [3.63, 3.8) is 0 Å². The van der Waals surface area contributed by atoms with E-state index in [1.165, 1.54) is 24.1 Å². The van der Waals surface area contributed by atoms with Crippen LogP contribution < -0.4 is 11.1 Å². The number of rotatable bonds is 5. The maximum Gasteiger partial charge on any atom is 0.257 e. The van der Waals surface area contributed by atoms with Gasteiger partial charge < -0.3 is 21.1 Å². The van der Waals surface area contributed by atoms with E-state index in [4.69, 9.17) is 5.73 Å². The largest absolute Gasteiger partial charge is 0.505 e. The zero-order valence-electron chi connectivity index (χ0n) is 11.1. The Kier molecular flexibility index (Phi) is 5.17. The summed E-state index contributed by atoms with van der Waals surface area (Å²) in [5, 5.41) is 12.4. The number of hydrogen-bond donors (Lipinski definition) is 3. The van der Waals surface area contributed by atoms with Crippen LogP contribution in [0.25, 0.3) is 0 Å². The van der Waals surface area contributed by atoms with Crippen molar-refractivity contribution in [3.8, 4) is 5.75 Å². The number of carbonyl (C=O) groups is 2. The molecule has 6 nitrogen and oxygen atoms in total. The van der Waals surface area contributed by atoms with Gasteiger partial charge in [0, 0.05) is 13.6 Å². The summed E-state index contributed by atoms with van der Waals surface area (Å²) >= 11 is 0. The molecule has 1 rings (SSSR count). The molecule has 0 fully saturated rings. The van der Waals surface area contributed by atoms with Gasteiger partial charge in [-0.1, -0.05) is 13.0 Å². The van der Waals surface area contributed by atoms with E-state index >= 15 is 0 Å². The lowest BCUT2D eigenvalue weighted by atomic mass is 10.1. The number of nitrogen functional groups attached to an aromatic ring is 1. The fourth-order valence-electron chi connectivity index (χ4n) is 1.55. The lowest BCUT2D eigenvalue weighted by Gasteiger charge is -2.17. The molecule has 0 atom stereocenters. The van der Waals surface area contributed by atoms with Gasteiger partial charge in [0.15, 0.2) is 5.75 Å². The molecule has 0 aliphatic heterocycles. The topological polar surface area (TPSA) is 95.7 Å². The van der Waals surface area contributed by atoms with Gasteiger partial charge in [-0.05, 0) is 18.6 Å². The SMILES string of the molecule is CCCNC(=O)CN(C)C(=O)c1cccc(N)c1O. The second-order valence-electron chi connectivity index (χ2n) is 4.25. The average molecular weight is 265 g/mol. The maximum atomic E-state index is 12.1. The fraction of sp³-hybridized carbons (Fsp3) is 0.385. The molecule has 0 aliphatic carbocycles. The molecule has 0 saturated carbocycles. The van der Waals surface area contributed by atoms with E-state index in [2.05, 4.69) is 5.32 Å². The minimum absolute atomic E-state index is 0.0624. The van der Waals surface area contributed by atoms with Crippen LogP contribution in [0, 0.1) is 0 Å². The van der Waals surface area contributed by atoms with Gasteiger partial charge in [0.1, 0.15) is 0 Å². The van der Waals surface area contributed by atoms with E-state index in [1.807, 2.05) is 6.92 Å². The first kappa shape index (κ1) is 14.8. The van der Waals surface area contributed by atoms with Crippen molar-refractivity contribution in [1.29, 1.82) is 0 Å². The number of para-hydroxylation sites is 1. The first-order valence-electron chi connectivity index (χ1n) is 6.07. The number of phenols is 1. The third kappa shape index (κ3) is 3.87. The van der Waals surface area contributed by atoms with Crippen molar-refractivity contribution in [2.45, 2.75) is 13.3 Å². The first-order chi connectivity index (χ1) is 8.97. The number of aromatic hydroxyl groups is 1. The number of hydrogen-bond acceptors (Lipinski definition) is 4. The highest BCUT2D eigenvalue weighted by Gasteiger charge is 2.18. The highest BCUT2D eigenvalue weighted by atomic mass is 16.3. The minimum Gasteiger partial charge on any atom is -0.505 e. The summed E-state index contributed by atoms with van der Waals surface area (Å²) in [5.41, 5.74) is 5.75. The first-order valence-corrected chi connectivity index (χ1v) is 6.07. The molecule has 104 valence electrons.